The van der Waals surface area contributed by atoms with Gasteiger partial charge in [0, 0.05) is 19.4 Å². The third kappa shape index (κ3) is 2.98. The highest BCUT2D eigenvalue weighted by Gasteiger charge is 2.10. The first-order chi connectivity index (χ1) is 9.17. The van der Waals surface area contributed by atoms with Crippen molar-refractivity contribution in [2.75, 3.05) is 0 Å². The summed E-state index contributed by atoms with van der Waals surface area (Å²) in [6.07, 6.45) is 1.60. The van der Waals surface area contributed by atoms with Crippen molar-refractivity contribution in [3.05, 3.63) is 46.8 Å². The lowest BCUT2D eigenvalue weighted by molar-refractivity contribution is 0.606. The van der Waals surface area contributed by atoms with Crippen LogP contribution in [-0.2, 0) is 25.9 Å². The van der Waals surface area contributed by atoms with E-state index in [1.165, 1.54) is 12.1 Å². The van der Waals surface area contributed by atoms with Gasteiger partial charge in [-0.1, -0.05) is 19.9 Å². The van der Waals surface area contributed by atoms with Crippen LogP contribution in [0.5, 0.6) is 0 Å². The molecule has 0 aliphatic heterocycles. The quantitative estimate of drug-likeness (QED) is 0.897. The molecule has 1 heterocycles. The van der Waals surface area contributed by atoms with Crippen molar-refractivity contribution in [3.8, 4) is 0 Å². The molecule has 0 aliphatic carbocycles. The van der Waals surface area contributed by atoms with Gasteiger partial charge in [0.2, 0.25) is 0 Å². The van der Waals surface area contributed by atoms with Gasteiger partial charge >= 0.3 is 0 Å². The summed E-state index contributed by atoms with van der Waals surface area (Å²) in [5.74, 6) is 1.49. The largest absolute Gasteiger partial charge is 0.326 e. The zero-order chi connectivity index (χ0) is 13.8. The van der Waals surface area contributed by atoms with Crippen LogP contribution in [-0.4, -0.2) is 14.8 Å². The van der Waals surface area contributed by atoms with Crippen LogP contribution < -0.4 is 5.73 Å². The van der Waals surface area contributed by atoms with Crippen molar-refractivity contribution < 1.29 is 4.39 Å². The molecule has 0 saturated heterocycles. The Morgan fingerprint density at radius 3 is 2.63 bits per heavy atom. The van der Waals surface area contributed by atoms with Crippen LogP contribution in [0, 0.1) is 5.82 Å². The molecular formula is C14H19FN4. The lowest BCUT2D eigenvalue weighted by atomic mass is 10.1. The average molecular weight is 262 g/mol. The number of benzene rings is 1. The minimum atomic E-state index is -0.249. The Bertz CT molecular complexity index is 563. The Kier molecular flexibility index (Phi) is 4.27. The second-order valence-corrected chi connectivity index (χ2v) is 4.43. The van der Waals surface area contributed by atoms with Gasteiger partial charge in [0.1, 0.15) is 11.6 Å². The average Bonchev–Trinajstić information content (AvgIpc) is 2.81. The zero-order valence-corrected chi connectivity index (χ0v) is 11.4. The van der Waals surface area contributed by atoms with Crippen LogP contribution in [0.3, 0.4) is 0 Å². The molecule has 1 aromatic heterocycles. The molecule has 0 saturated carbocycles. The number of aryl methyl sites for hydroxylation is 2. The van der Waals surface area contributed by atoms with Crippen molar-refractivity contribution >= 4 is 0 Å². The van der Waals surface area contributed by atoms with Gasteiger partial charge in [-0.15, -0.1) is 0 Å². The molecule has 2 N–H and O–H groups in total. The number of hydrogen-bond acceptors (Lipinski definition) is 3. The van der Waals surface area contributed by atoms with Crippen molar-refractivity contribution in [1.29, 1.82) is 0 Å². The highest BCUT2D eigenvalue weighted by Crippen LogP contribution is 2.14. The van der Waals surface area contributed by atoms with E-state index in [1.807, 2.05) is 18.5 Å². The van der Waals surface area contributed by atoms with Gasteiger partial charge in [-0.2, -0.15) is 5.10 Å². The molecule has 0 amide bonds. The molecule has 0 aliphatic rings. The van der Waals surface area contributed by atoms with Crippen LogP contribution in [0.2, 0.25) is 0 Å². The molecule has 0 unspecified atom stereocenters. The predicted molar refractivity (Wildman–Crippen MR) is 72.2 cm³/mol. The van der Waals surface area contributed by atoms with Crippen LogP contribution in [0.25, 0.3) is 0 Å². The first-order valence-corrected chi connectivity index (χ1v) is 6.57. The summed E-state index contributed by atoms with van der Waals surface area (Å²) in [6, 6.07) is 4.69. The number of rotatable bonds is 5. The first-order valence-electron chi connectivity index (χ1n) is 6.57. The van der Waals surface area contributed by atoms with E-state index < -0.39 is 0 Å². The van der Waals surface area contributed by atoms with Gasteiger partial charge in [-0.25, -0.2) is 14.1 Å². The zero-order valence-electron chi connectivity index (χ0n) is 11.4. The smallest absolute Gasteiger partial charge is 0.150 e. The normalized spacial score (nSPS) is 10.9. The van der Waals surface area contributed by atoms with Gasteiger partial charge in [-0.05, 0) is 23.3 Å². The predicted octanol–water partition coefficient (Wildman–Crippen LogP) is 2.05. The first kappa shape index (κ1) is 13.7. The molecule has 0 radical (unpaired) electrons. The topological polar surface area (TPSA) is 56.7 Å². The molecule has 0 bridgehead atoms. The van der Waals surface area contributed by atoms with Gasteiger partial charge in [-0.3, -0.25) is 0 Å². The van der Waals surface area contributed by atoms with E-state index >= 15 is 0 Å². The monoisotopic (exact) mass is 262 g/mol. The number of nitrogens with zero attached hydrogens (tertiary/aromatic N) is 3. The molecule has 0 fully saturated rings. The summed E-state index contributed by atoms with van der Waals surface area (Å²) in [6.45, 7) is 4.97. The molecule has 5 heteroatoms. The Hall–Kier alpha value is -1.75. The molecular weight excluding hydrogens is 243 g/mol. The summed E-state index contributed by atoms with van der Waals surface area (Å²) >= 11 is 0. The third-order valence-corrected chi connectivity index (χ3v) is 3.13. The maximum atomic E-state index is 13.4. The molecule has 102 valence electrons. The molecule has 4 nitrogen and oxygen atoms in total. The molecule has 0 atom stereocenters. The molecule has 1 aromatic carbocycles. The third-order valence-electron chi connectivity index (χ3n) is 3.13. The van der Waals surface area contributed by atoms with E-state index in [9.17, 15) is 4.39 Å². The molecule has 2 rings (SSSR count). The molecule has 0 spiro atoms. The fourth-order valence-corrected chi connectivity index (χ4v) is 2.07. The Morgan fingerprint density at radius 1 is 1.21 bits per heavy atom. The van der Waals surface area contributed by atoms with Crippen LogP contribution in [0.15, 0.2) is 18.2 Å². The standard InChI is InChI=1S/C14H19FN4/c1-3-13-17-14(4-2)19(18-13)9-11-7-12(15)6-5-10(11)8-16/h5-7H,3-4,8-9,16H2,1-2H3. The van der Waals surface area contributed by atoms with Crippen molar-refractivity contribution in [2.24, 2.45) is 5.73 Å². The van der Waals surface area contributed by atoms with E-state index in [1.54, 1.807) is 6.07 Å². The van der Waals surface area contributed by atoms with E-state index in [2.05, 4.69) is 10.1 Å². The second kappa shape index (κ2) is 5.93. The van der Waals surface area contributed by atoms with E-state index in [4.69, 9.17) is 5.73 Å². The van der Waals surface area contributed by atoms with Crippen molar-refractivity contribution in [3.63, 3.8) is 0 Å². The summed E-state index contributed by atoms with van der Waals surface area (Å²) in [5.41, 5.74) is 7.50. The molecule has 19 heavy (non-hydrogen) atoms. The lowest BCUT2D eigenvalue weighted by Crippen LogP contribution is -2.10. The van der Waals surface area contributed by atoms with Crippen molar-refractivity contribution in [2.45, 2.75) is 39.8 Å². The van der Waals surface area contributed by atoms with Gasteiger partial charge < -0.3 is 5.73 Å². The fourth-order valence-electron chi connectivity index (χ4n) is 2.07. The number of halogens is 1. The SMILES string of the molecule is CCc1nc(CC)n(Cc2cc(F)ccc2CN)n1. The van der Waals surface area contributed by atoms with Crippen LogP contribution in [0.4, 0.5) is 4.39 Å². The maximum absolute atomic E-state index is 13.4. The summed E-state index contributed by atoms with van der Waals surface area (Å²) in [4.78, 5) is 4.45. The number of hydrogen-bond donors (Lipinski definition) is 1. The van der Waals surface area contributed by atoms with E-state index in [-0.39, 0.29) is 5.82 Å². The summed E-state index contributed by atoms with van der Waals surface area (Å²) in [7, 11) is 0. The van der Waals surface area contributed by atoms with Crippen molar-refractivity contribution in [1.82, 2.24) is 14.8 Å². The second-order valence-electron chi connectivity index (χ2n) is 4.43. The fraction of sp³-hybridized carbons (Fsp3) is 0.429. The van der Waals surface area contributed by atoms with Gasteiger partial charge in [0.15, 0.2) is 5.82 Å². The van der Waals surface area contributed by atoms with E-state index in [0.717, 1.165) is 35.6 Å². The number of nitrogens with two attached hydrogens (primary N) is 1. The highest BCUT2D eigenvalue weighted by atomic mass is 19.1. The van der Waals surface area contributed by atoms with Crippen LogP contribution >= 0.6 is 0 Å². The highest BCUT2D eigenvalue weighted by molar-refractivity contribution is 5.28. The Balaban J connectivity index is 2.34. The van der Waals surface area contributed by atoms with Gasteiger partial charge in [0.25, 0.3) is 0 Å². The van der Waals surface area contributed by atoms with Crippen LogP contribution in [0.1, 0.15) is 36.6 Å². The minimum absolute atomic E-state index is 0.249. The maximum Gasteiger partial charge on any atom is 0.150 e. The minimum Gasteiger partial charge on any atom is -0.326 e. The molecule has 2 aromatic rings. The number of aromatic nitrogens is 3. The van der Waals surface area contributed by atoms with Gasteiger partial charge in [0.05, 0.1) is 6.54 Å². The summed E-state index contributed by atoms with van der Waals surface area (Å²) < 4.78 is 15.2. The van der Waals surface area contributed by atoms with E-state index in [0.29, 0.717) is 13.1 Å². The lowest BCUT2D eigenvalue weighted by Gasteiger charge is -2.09. The Labute approximate surface area is 112 Å². The Morgan fingerprint density at radius 2 is 2.00 bits per heavy atom. The summed E-state index contributed by atoms with van der Waals surface area (Å²) in [5, 5.41) is 4.44.